The van der Waals surface area contributed by atoms with Gasteiger partial charge >= 0.3 is 0 Å². The van der Waals surface area contributed by atoms with Gasteiger partial charge in [0.2, 0.25) is 0 Å². The van der Waals surface area contributed by atoms with Crippen LogP contribution >= 0.6 is 0 Å². The molecule has 1 aliphatic rings. The molecule has 1 heterocycles. The molecule has 0 amide bonds. The van der Waals surface area contributed by atoms with Gasteiger partial charge in [0.15, 0.2) is 11.6 Å². The van der Waals surface area contributed by atoms with Crippen molar-refractivity contribution in [1.29, 1.82) is 0 Å². The van der Waals surface area contributed by atoms with E-state index in [1.165, 1.54) is 0 Å². The first-order chi connectivity index (χ1) is 8.53. The Hall–Kier alpha value is -1.58. The van der Waals surface area contributed by atoms with Crippen molar-refractivity contribution < 1.29 is 19.1 Å². The van der Waals surface area contributed by atoms with E-state index in [1.807, 2.05) is 13.8 Å². The Morgan fingerprint density at radius 3 is 2.37 bits per heavy atom. The molecule has 0 fully saturated rings. The second-order valence-corrected chi connectivity index (χ2v) is 7.10. The van der Waals surface area contributed by atoms with Crippen LogP contribution in [0.15, 0.2) is 4.42 Å². The maximum atomic E-state index is 12.4. The Bertz CT molecular complexity index is 555. The highest BCUT2D eigenvalue weighted by Gasteiger charge is 2.41. The molecule has 4 nitrogen and oxygen atoms in total. The maximum Gasteiger partial charge on any atom is 0.294 e. The van der Waals surface area contributed by atoms with Gasteiger partial charge in [0.25, 0.3) is 5.95 Å². The van der Waals surface area contributed by atoms with Crippen molar-refractivity contribution in [2.75, 3.05) is 0 Å². The van der Waals surface area contributed by atoms with Crippen LogP contribution in [0.3, 0.4) is 0 Å². The minimum absolute atomic E-state index is 0.0583. The number of hydrogen-bond donors (Lipinski definition) is 1. The van der Waals surface area contributed by atoms with Crippen molar-refractivity contribution in [3.05, 3.63) is 16.9 Å². The molecule has 0 aromatic carbocycles. The normalized spacial score (nSPS) is 18.3. The number of furan rings is 1. The van der Waals surface area contributed by atoms with Crippen LogP contribution in [0.25, 0.3) is 0 Å². The van der Waals surface area contributed by atoms with Crippen LogP contribution < -0.4 is 0 Å². The van der Waals surface area contributed by atoms with E-state index < -0.39 is 11.4 Å². The molecule has 0 radical (unpaired) electrons. The molecule has 0 atom stereocenters. The van der Waals surface area contributed by atoms with Crippen molar-refractivity contribution >= 4 is 11.6 Å². The van der Waals surface area contributed by atoms with Crippen LogP contribution in [0.4, 0.5) is 0 Å². The van der Waals surface area contributed by atoms with E-state index in [4.69, 9.17) is 4.42 Å². The zero-order valence-electron chi connectivity index (χ0n) is 12.1. The number of aromatic hydroxyl groups is 1. The first-order valence-electron chi connectivity index (χ1n) is 6.45. The highest BCUT2D eigenvalue weighted by molar-refractivity contribution is 6.13. The van der Waals surface area contributed by atoms with Crippen LogP contribution in [0.2, 0.25) is 0 Å². The number of ketones is 2. The predicted molar refractivity (Wildman–Crippen MR) is 70.6 cm³/mol. The summed E-state index contributed by atoms with van der Waals surface area (Å²) in [5.41, 5.74) is -0.515. The Labute approximate surface area is 112 Å². The van der Waals surface area contributed by atoms with Crippen molar-refractivity contribution in [3.63, 3.8) is 0 Å². The number of carbonyl (C=O) groups excluding carboxylic acids is 2. The van der Waals surface area contributed by atoms with Gasteiger partial charge in [-0.25, -0.2) is 0 Å². The van der Waals surface area contributed by atoms with Crippen LogP contribution in [0, 0.1) is 10.8 Å². The van der Waals surface area contributed by atoms with E-state index in [0.717, 1.165) is 0 Å². The molecule has 19 heavy (non-hydrogen) atoms. The number of hydrogen-bond acceptors (Lipinski definition) is 4. The van der Waals surface area contributed by atoms with Gasteiger partial charge in [-0.05, 0) is 5.41 Å². The van der Waals surface area contributed by atoms with Gasteiger partial charge in [-0.15, -0.1) is 0 Å². The third kappa shape index (κ3) is 2.31. The summed E-state index contributed by atoms with van der Waals surface area (Å²) in [5, 5.41) is 9.88. The topological polar surface area (TPSA) is 67.5 Å². The first kappa shape index (κ1) is 13.8. The van der Waals surface area contributed by atoms with Gasteiger partial charge in [0.05, 0.1) is 5.56 Å². The zero-order chi connectivity index (χ0) is 14.6. The van der Waals surface area contributed by atoms with E-state index in [0.29, 0.717) is 18.6 Å². The molecular formula is C15H20O4. The summed E-state index contributed by atoms with van der Waals surface area (Å²) < 4.78 is 5.27. The fraction of sp³-hybridized carbons (Fsp3) is 0.600. The summed E-state index contributed by atoms with van der Waals surface area (Å²) in [5.74, 6) is -0.367. The molecule has 0 aliphatic heterocycles. The third-order valence-corrected chi connectivity index (χ3v) is 3.43. The maximum absolute atomic E-state index is 12.4. The van der Waals surface area contributed by atoms with Crippen LogP contribution in [0.1, 0.15) is 67.5 Å². The second-order valence-electron chi connectivity index (χ2n) is 7.10. The molecule has 1 aliphatic carbocycles. The molecule has 2 rings (SSSR count). The number of fused-ring (bicyclic) bond motifs is 1. The molecule has 1 N–H and O–H groups in total. The molecule has 4 heteroatoms. The van der Waals surface area contributed by atoms with Crippen LogP contribution in [-0.4, -0.2) is 16.7 Å². The molecule has 0 spiro atoms. The largest absolute Gasteiger partial charge is 0.480 e. The molecule has 0 saturated heterocycles. The molecule has 0 unspecified atom stereocenters. The average molecular weight is 264 g/mol. The molecular weight excluding hydrogens is 244 g/mol. The fourth-order valence-electron chi connectivity index (χ4n) is 2.49. The Morgan fingerprint density at radius 2 is 1.84 bits per heavy atom. The van der Waals surface area contributed by atoms with Crippen molar-refractivity contribution in [1.82, 2.24) is 0 Å². The lowest BCUT2D eigenvalue weighted by Crippen LogP contribution is -2.29. The molecule has 1 aromatic rings. The van der Waals surface area contributed by atoms with E-state index >= 15 is 0 Å². The second kappa shape index (κ2) is 3.95. The predicted octanol–water partition coefficient (Wildman–Crippen LogP) is 3.37. The third-order valence-electron chi connectivity index (χ3n) is 3.43. The van der Waals surface area contributed by atoms with Gasteiger partial charge in [-0.2, -0.15) is 0 Å². The first-order valence-corrected chi connectivity index (χ1v) is 6.45. The van der Waals surface area contributed by atoms with Crippen LogP contribution in [0.5, 0.6) is 5.95 Å². The van der Waals surface area contributed by atoms with E-state index in [1.54, 1.807) is 20.8 Å². The smallest absolute Gasteiger partial charge is 0.294 e. The average Bonchev–Trinajstić information content (AvgIpc) is 2.49. The molecule has 0 saturated carbocycles. The van der Waals surface area contributed by atoms with E-state index in [9.17, 15) is 14.7 Å². The monoisotopic (exact) mass is 264 g/mol. The quantitative estimate of drug-likeness (QED) is 0.790. The van der Waals surface area contributed by atoms with Crippen molar-refractivity contribution in [3.8, 4) is 5.95 Å². The zero-order valence-corrected chi connectivity index (χ0v) is 12.1. The Morgan fingerprint density at radius 1 is 1.26 bits per heavy atom. The van der Waals surface area contributed by atoms with Gasteiger partial charge in [-0.1, -0.05) is 34.6 Å². The summed E-state index contributed by atoms with van der Waals surface area (Å²) in [6.45, 7) is 9.21. The van der Waals surface area contributed by atoms with Gasteiger partial charge < -0.3 is 9.52 Å². The van der Waals surface area contributed by atoms with Crippen LogP contribution in [-0.2, 0) is 6.42 Å². The minimum Gasteiger partial charge on any atom is -0.480 e. The molecule has 104 valence electrons. The van der Waals surface area contributed by atoms with Gasteiger partial charge in [0.1, 0.15) is 11.3 Å². The summed E-state index contributed by atoms with van der Waals surface area (Å²) in [7, 11) is 0. The molecule has 1 aromatic heterocycles. The van der Waals surface area contributed by atoms with Crippen molar-refractivity contribution in [2.24, 2.45) is 10.8 Å². The van der Waals surface area contributed by atoms with Crippen molar-refractivity contribution in [2.45, 2.75) is 47.5 Å². The SMILES string of the molecule is CC1(C)CC(=O)c2c(oc(O)c2C(=O)C(C)(C)C)C1. The highest BCUT2D eigenvalue weighted by atomic mass is 16.5. The summed E-state index contributed by atoms with van der Waals surface area (Å²) in [6, 6.07) is 0. The molecule has 0 bridgehead atoms. The Balaban J connectivity index is 2.59. The van der Waals surface area contributed by atoms with E-state index in [-0.39, 0.29) is 28.1 Å². The summed E-state index contributed by atoms with van der Waals surface area (Å²) in [4.78, 5) is 24.6. The van der Waals surface area contributed by atoms with E-state index in [2.05, 4.69) is 0 Å². The fourth-order valence-corrected chi connectivity index (χ4v) is 2.49. The highest BCUT2D eigenvalue weighted by Crippen LogP contribution is 2.42. The van der Waals surface area contributed by atoms with Gasteiger partial charge in [-0.3, -0.25) is 9.59 Å². The summed E-state index contributed by atoms with van der Waals surface area (Å²) >= 11 is 0. The number of rotatable bonds is 1. The lowest BCUT2D eigenvalue weighted by molar-refractivity contribution is 0.0837. The lowest BCUT2D eigenvalue weighted by atomic mass is 9.74. The Kier molecular flexibility index (Phi) is 2.88. The minimum atomic E-state index is -0.664. The lowest BCUT2D eigenvalue weighted by Gasteiger charge is -2.27. The standard InChI is InChI=1S/C15H20O4/c1-14(2,3)12(17)11-10-8(16)6-15(4,5)7-9(10)19-13(11)18/h18H,6-7H2,1-5H3. The number of carbonyl (C=O) groups is 2. The summed E-state index contributed by atoms with van der Waals surface area (Å²) in [6.07, 6.45) is 0.919. The number of Topliss-reactive ketones (excluding diaryl/α,β-unsaturated/α-hetero) is 2. The van der Waals surface area contributed by atoms with Gasteiger partial charge in [0, 0.05) is 18.3 Å².